The molecule has 0 amide bonds. The number of rotatable bonds is 3. The third-order valence-electron chi connectivity index (χ3n) is 6.26. The Morgan fingerprint density at radius 1 is 1.04 bits per heavy atom. The van der Waals surface area contributed by atoms with Gasteiger partial charge in [0.15, 0.2) is 0 Å². The summed E-state index contributed by atoms with van der Waals surface area (Å²) < 4.78 is 1.39. The zero-order valence-electron chi connectivity index (χ0n) is 14.6. The van der Waals surface area contributed by atoms with E-state index in [1.165, 1.54) is 40.6 Å². The first-order chi connectivity index (χ1) is 12.3. The van der Waals surface area contributed by atoms with Crippen LogP contribution in [0.1, 0.15) is 30.7 Å². The number of hydrogen-bond acceptors (Lipinski definition) is 3. The predicted molar refractivity (Wildman–Crippen MR) is 108 cm³/mol. The van der Waals surface area contributed by atoms with Crippen LogP contribution < -0.4 is 5.32 Å². The van der Waals surface area contributed by atoms with Crippen molar-refractivity contribution in [2.45, 2.75) is 43.3 Å². The summed E-state index contributed by atoms with van der Waals surface area (Å²) in [5.74, 6) is 0.549. The second-order valence-corrected chi connectivity index (χ2v) is 8.51. The monoisotopic (exact) mass is 348 g/mol. The van der Waals surface area contributed by atoms with E-state index in [1.54, 1.807) is 0 Å². The van der Waals surface area contributed by atoms with Gasteiger partial charge in [0.1, 0.15) is 0 Å². The number of para-hydroxylation sites is 1. The van der Waals surface area contributed by atoms with Gasteiger partial charge < -0.3 is 5.32 Å². The highest BCUT2D eigenvalue weighted by Crippen LogP contribution is 2.45. The molecule has 2 saturated heterocycles. The molecular weight excluding hydrogens is 324 g/mol. The summed E-state index contributed by atoms with van der Waals surface area (Å²) in [4.78, 5) is 2.64. The zero-order chi connectivity index (χ0) is 16.8. The lowest BCUT2D eigenvalue weighted by molar-refractivity contribution is 0.145. The van der Waals surface area contributed by atoms with Crippen LogP contribution in [0.5, 0.6) is 0 Å². The zero-order valence-corrected chi connectivity index (χ0v) is 15.4. The van der Waals surface area contributed by atoms with Crippen molar-refractivity contribution in [3.05, 3.63) is 65.5 Å². The Labute approximate surface area is 153 Å². The molecule has 4 unspecified atom stereocenters. The van der Waals surface area contributed by atoms with E-state index in [1.807, 2.05) is 11.3 Å². The standard InChI is InChI=1S/C22H24N2S/c1-24-18-8-9-20(24)22(16-7-10-21-15(13-16)11-12-25-21)19(14-18)23-17-5-3-2-4-6-17/h2-7,10-13,18-20,22-23H,8-9,14H2,1H3. The van der Waals surface area contributed by atoms with Crippen LogP contribution in [-0.2, 0) is 0 Å². The predicted octanol–water partition coefficient (Wildman–Crippen LogP) is 5.33. The first-order valence-corrected chi connectivity index (χ1v) is 10.2. The molecule has 128 valence electrons. The second kappa shape index (κ2) is 6.15. The van der Waals surface area contributed by atoms with Crippen molar-refractivity contribution < 1.29 is 0 Å². The number of thiophene rings is 1. The molecule has 0 aliphatic carbocycles. The molecule has 5 rings (SSSR count). The fraction of sp³-hybridized carbons (Fsp3) is 0.364. The number of anilines is 1. The van der Waals surface area contributed by atoms with Crippen LogP contribution in [0.2, 0.25) is 0 Å². The SMILES string of the molecule is CN1C2CCC1C(c1ccc3sccc3c1)C(Nc1ccccc1)C2. The molecular formula is C22H24N2S. The maximum atomic E-state index is 3.87. The van der Waals surface area contributed by atoms with Gasteiger partial charge in [-0.1, -0.05) is 24.3 Å². The normalized spacial score (nSPS) is 29.2. The molecule has 2 aliphatic heterocycles. The summed E-state index contributed by atoms with van der Waals surface area (Å²) in [7, 11) is 2.33. The summed E-state index contributed by atoms with van der Waals surface area (Å²) in [6.45, 7) is 0. The molecule has 2 nitrogen and oxygen atoms in total. The van der Waals surface area contributed by atoms with E-state index in [4.69, 9.17) is 0 Å². The highest BCUT2D eigenvalue weighted by Gasteiger charge is 2.46. The van der Waals surface area contributed by atoms with Gasteiger partial charge in [0.05, 0.1) is 0 Å². The molecule has 2 aromatic carbocycles. The smallest absolute Gasteiger partial charge is 0.0359 e. The molecule has 2 fully saturated rings. The largest absolute Gasteiger partial charge is 0.382 e. The second-order valence-electron chi connectivity index (χ2n) is 7.56. The molecule has 0 saturated carbocycles. The van der Waals surface area contributed by atoms with E-state index in [0.29, 0.717) is 18.0 Å². The van der Waals surface area contributed by atoms with Crippen LogP contribution in [0.25, 0.3) is 10.1 Å². The molecule has 1 aromatic heterocycles. The fourth-order valence-corrected chi connectivity index (χ4v) is 5.78. The lowest BCUT2D eigenvalue weighted by atomic mass is 9.80. The number of hydrogen-bond donors (Lipinski definition) is 1. The minimum atomic E-state index is 0.507. The number of nitrogens with zero attached hydrogens (tertiary/aromatic N) is 1. The van der Waals surface area contributed by atoms with E-state index >= 15 is 0 Å². The van der Waals surface area contributed by atoms with Gasteiger partial charge in [0, 0.05) is 34.4 Å². The number of piperidine rings is 1. The van der Waals surface area contributed by atoms with Crippen LogP contribution in [-0.4, -0.2) is 30.1 Å². The van der Waals surface area contributed by atoms with Gasteiger partial charge in [-0.05, 0) is 73.0 Å². The van der Waals surface area contributed by atoms with Crippen molar-refractivity contribution in [3.63, 3.8) is 0 Å². The molecule has 2 aliphatic rings. The Hall–Kier alpha value is -1.84. The summed E-state index contributed by atoms with van der Waals surface area (Å²) in [6, 6.07) is 22.0. The Kier molecular flexibility index (Phi) is 3.79. The first kappa shape index (κ1) is 15.4. The molecule has 0 radical (unpaired) electrons. The van der Waals surface area contributed by atoms with Gasteiger partial charge in [-0.3, -0.25) is 4.90 Å². The molecule has 3 heteroatoms. The Bertz CT molecular complexity index is 872. The van der Waals surface area contributed by atoms with E-state index in [2.05, 4.69) is 77.2 Å². The maximum absolute atomic E-state index is 3.87. The highest BCUT2D eigenvalue weighted by atomic mass is 32.1. The third-order valence-corrected chi connectivity index (χ3v) is 7.15. The lowest BCUT2D eigenvalue weighted by Crippen LogP contribution is -2.50. The summed E-state index contributed by atoms with van der Waals surface area (Å²) in [5.41, 5.74) is 2.74. The topological polar surface area (TPSA) is 15.3 Å². The molecule has 2 bridgehead atoms. The Morgan fingerprint density at radius 2 is 1.92 bits per heavy atom. The number of likely N-dealkylation sites (N-methyl/N-ethyl adjacent to an activating group) is 1. The number of benzene rings is 2. The van der Waals surface area contributed by atoms with Gasteiger partial charge in [-0.2, -0.15) is 0 Å². The Balaban J connectivity index is 1.53. The van der Waals surface area contributed by atoms with Crippen molar-refractivity contribution in [2.75, 3.05) is 12.4 Å². The van der Waals surface area contributed by atoms with Crippen LogP contribution in [0.4, 0.5) is 5.69 Å². The lowest BCUT2D eigenvalue weighted by Gasteiger charge is -2.44. The van der Waals surface area contributed by atoms with Crippen LogP contribution in [0, 0.1) is 0 Å². The fourth-order valence-electron chi connectivity index (χ4n) is 5.01. The van der Waals surface area contributed by atoms with E-state index in [0.717, 1.165) is 6.04 Å². The molecule has 25 heavy (non-hydrogen) atoms. The quantitative estimate of drug-likeness (QED) is 0.688. The van der Waals surface area contributed by atoms with Crippen LogP contribution in [0.3, 0.4) is 0 Å². The van der Waals surface area contributed by atoms with E-state index < -0.39 is 0 Å². The summed E-state index contributed by atoms with van der Waals surface area (Å²) in [6.07, 6.45) is 3.89. The minimum absolute atomic E-state index is 0.507. The minimum Gasteiger partial charge on any atom is -0.382 e. The Morgan fingerprint density at radius 3 is 2.80 bits per heavy atom. The third kappa shape index (κ3) is 2.66. The molecule has 3 aromatic rings. The van der Waals surface area contributed by atoms with Crippen molar-refractivity contribution in [2.24, 2.45) is 0 Å². The average Bonchev–Trinajstić information content (AvgIpc) is 3.18. The van der Waals surface area contributed by atoms with Crippen LogP contribution >= 0.6 is 11.3 Å². The molecule has 1 N–H and O–H groups in total. The summed E-state index contributed by atoms with van der Waals surface area (Å²) >= 11 is 1.84. The van der Waals surface area contributed by atoms with Crippen molar-refractivity contribution in [1.82, 2.24) is 4.90 Å². The van der Waals surface area contributed by atoms with E-state index in [9.17, 15) is 0 Å². The maximum Gasteiger partial charge on any atom is 0.0359 e. The van der Waals surface area contributed by atoms with Gasteiger partial charge >= 0.3 is 0 Å². The van der Waals surface area contributed by atoms with Crippen molar-refractivity contribution in [1.29, 1.82) is 0 Å². The van der Waals surface area contributed by atoms with E-state index in [-0.39, 0.29) is 0 Å². The van der Waals surface area contributed by atoms with Gasteiger partial charge in [0.25, 0.3) is 0 Å². The number of nitrogens with one attached hydrogen (secondary N) is 1. The molecule has 3 heterocycles. The molecule has 0 spiro atoms. The van der Waals surface area contributed by atoms with Crippen molar-refractivity contribution in [3.8, 4) is 0 Å². The van der Waals surface area contributed by atoms with Gasteiger partial charge in [-0.15, -0.1) is 11.3 Å². The molecule has 4 atom stereocenters. The van der Waals surface area contributed by atoms with Crippen LogP contribution in [0.15, 0.2) is 60.0 Å². The highest BCUT2D eigenvalue weighted by molar-refractivity contribution is 7.17. The van der Waals surface area contributed by atoms with Gasteiger partial charge in [-0.25, -0.2) is 0 Å². The van der Waals surface area contributed by atoms with Gasteiger partial charge in [0.2, 0.25) is 0 Å². The first-order valence-electron chi connectivity index (χ1n) is 9.30. The number of fused-ring (bicyclic) bond motifs is 3. The summed E-state index contributed by atoms with van der Waals surface area (Å²) in [5, 5.41) is 7.46. The van der Waals surface area contributed by atoms with Crippen molar-refractivity contribution >= 4 is 27.1 Å². The average molecular weight is 349 g/mol.